The van der Waals surface area contributed by atoms with E-state index in [1.165, 1.54) is 12.1 Å². The summed E-state index contributed by atoms with van der Waals surface area (Å²) in [5.41, 5.74) is 1.33. The van der Waals surface area contributed by atoms with Gasteiger partial charge in [-0.05, 0) is 37.1 Å². The lowest BCUT2D eigenvalue weighted by Gasteiger charge is -2.02. The van der Waals surface area contributed by atoms with Gasteiger partial charge in [-0.25, -0.2) is 4.39 Å². The van der Waals surface area contributed by atoms with Crippen LogP contribution < -0.4 is 5.32 Å². The lowest BCUT2D eigenvalue weighted by atomic mass is 10.1. The monoisotopic (exact) mass is 290 g/mol. The van der Waals surface area contributed by atoms with E-state index in [2.05, 4.69) is 10.5 Å². The van der Waals surface area contributed by atoms with Crippen LogP contribution in [-0.2, 0) is 16.1 Å². The predicted molar refractivity (Wildman–Crippen MR) is 72.7 cm³/mol. The minimum absolute atomic E-state index is 0.00917. The lowest BCUT2D eigenvalue weighted by Crippen LogP contribution is -2.29. The number of ether oxygens (including phenoxy) is 1. The van der Waals surface area contributed by atoms with Gasteiger partial charge >= 0.3 is 0 Å². The second-order valence-electron chi connectivity index (χ2n) is 5.02. The molecule has 0 spiro atoms. The van der Waals surface area contributed by atoms with E-state index in [9.17, 15) is 9.18 Å². The summed E-state index contributed by atoms with van der Waals surface area (Å²) in [7, 11) is 0. The molecular formula is C15H15FN2O3. The van der Waals surface area contributed by atoms with Crippen molar-refractivity contribution in [2.24, 2.45) is 0 Å². The number of aromatic nitrogens is 1. The molecule has 5 nitrogen and oxygen atoms in total. The van der Waals surface area contributed by atoms with E-state index >= 15 is 0 Å². The van der Waals surface area contributed by atoms with Crippen molar-refractivity contribution in [2.75, 3.05) is 6.61 Å². The topological polar surface area (TPSA) is 64.4 Å². The molecule has 0 aliphatic heterocycles. The molecule has 1 saturated carbocycles. The quantitative estimate of drug-likeness (QED) is 0.886. The number of nitrogens with one attached hydrogen (secondary N) is 1. The van der Waals surface area contributed by atoms with Crippen molar-refractivity contribution in [3.05, 3.63) is 41.8 Å². The Bertz CT molecular complexity index is 620. The molecule has 0 saturated heterocycles. The maximum atomic E-state index is 12.8. The summed E-state index contributed by atoms with van der Waals surface area (Å²) in [6.07, 6.45) is 2.10. The van der Waals surface area contributed by atoms with Crippen molar-refractivity contribution in [1.29, 1.82) is 0 Å². The summed E-state index contributed by atoms with van der Waals surface area (Å²) in [5.74, 6) is 0.124. The molecule has 2 aromatic rings. The molecule has 0 bridgehead atoms. The van der Waals surface area contributed by atoms with Crippen LogP contribution in [0.4, 0.5) is 4.39 Å². The average Bonchev–Trinajstić information content (AvgIpc) is 3.15. The van der Waals surface area contributed by atoms with Crippen LogP contribution in [0, 0.1) is 5.82 Å². The van der Waals surface area contributed by atoms with Crippen LogP contribution in [0.5, 0.6) is 0 Å². The van der Waals surface area contributed by atoms with Crippen LogP contribution in [-0.4, -0.2) is 23.7 Å². The van der Waals surface area contributed by atoms with Gasteiger partial charge in [-0.2, -0.15) is 0 Å². The van der Waals surface area contributed by atoms with E-state index in [1.54, 1.807) is 18.2 Å². The molecule has 1 fully saturated rings. The molecule has 1 aliphatic carbocycles. The minimum Gasteiger partial charge on any atom is -0.365 e. The summed E-state index contributed by atoms with van der Waals surface area (Å²) in [6.45, 7) is 0.206. The SMILES string of the molecule is O=C(COCc1cc(-c2ccc(F)cc2)on1)NC1CC1. The highest BCUT2D eigenvalue weighted by molar-refractivity contribution is 5.77. The Kier molecular flexibility index (Phi) is 3.96. The van der Waals surface area contributed by atoms with Crippen molar-refractivity contribution < 1.29 is 18.4 Å². The standard InChI is InChI=1S/C15H15FN2O3/c16-11-3-1-10(2-4-11)14-7-13(18-21-14)8-20-9-15(19)17-12-5-6-12/h1-4,7,12H,5-6,8-9H2,(H,17,19). The first-order valence-corrected chi connectivity index (χ1v) is 6.79. The van der Waals surface area contributed by atoms with Gasteiger partial charge < -0.3 is 14.6 Å². The van der Waals surface area contributed by atoms with Crippen LogP contribution in [0.2, 0.25) is 0 Å². The van der Waals surface area contributed by atoms with Crippen molar-refractivity contribution in [2.45, 2.75) is 25.5 Å². The number of carbonyl (C=O) groups is 1. The van der Waals surface area contributed by atoms with Crippen LogP contribution in [0.1, 0.15) is 18.5 Å². The number of carbonyl (C=O) groups excluding carboxylic acids is 1. The summed E-state index contributed by atoms with van der Waals surface area (Å²) in [4.78, 5) is 11.4. The Morgan fingerprint density at radius 2 is 2.14 bits per heavy atom. The van der Waals surface area contributed by atoms with E-state index in [-0.39, 0.29) is 24.9 Å². The third-order valence-electron chi connectivity index (χ3n) is 3.11. The predicted octanol–water partition coefficient (Wildman–Crippen LogP) is 2.28. The van der Waals surface area contributed by atoms with Crippen molar-refractivity contribution in [3.8, 4) is 11.3 Å². The van der Waals surface area contributed by atoms with Gasteiger partial charge in [0.05, 0.1) is 6.61 Å². The van der Waals surface area contributed by atoms with Gasteiger partial charge in [0.25, 0.3) is 0 Å². The maximum Gasteiger partial charge on any atom is 0.246 e. The fourth-order valence-corrected chi connectivity index (χ4v) is 1.88. The van der Waals surface area contributed by atoms with Crippen molar-refractivity contribution in [3.63, 3.8) is 0 Å². The highest BCUT2D eigenvalue weighted by Gasteiger charge is 2.23. The van der Waals surface area contributed by atoms with Gasteiger partial charge in [-0.3, -0.25) is 4.79 Å². The third kappa shape index (κ3) is 3.88. The Morgan fingerprint density at radius 3 is 2.86 bits per heavy atom. The fourth-order valence-electron chi connectivity index (χ4n) is 1.88. The molecule has 1 amide bonds. The maximum absolute atomic E-state index is 12.8. The lowest BCUT2D eigenvalue weighted by molar-refractivity contribution is -0.126. The first kappa shape index (κ1) is 13.8. The fraction of sp³-hybridized carbons (Fsp3) is 0.333. The molecular weight excluding hydrogens is 275 g/mol. The smallest absolute Gasteiger partial charge is 0.246 e. The molecule has 1 aromatic carbocycles. The molecule has 0 unspecified atom stereocenters. The van der Waals surface area contributed by atoms with Gasteiger partial charge in [-0.1, -0.05) is 5.16 Å². The Labute approximate surface area is 121 Å². The molecule has 6 heteroatoms. The number of hydrogen-bond acceptors (Lipinski definition) is 4. The summed E-state index contributed by atoms with van der Waals surface area (Å²) >= 11 is 0. The van der Waals surface area contributed by atoms with Crippen molar-refractivity contribution in [1.82, 2.24) is 10.5 Å². The Morgan fingerprint density at radius 1 is 1.38 bits per heavy atom. The number of halogens is 1. The van der Waals surface area contributed by atoms with E-state index in [4.69, 9.17) is 9.26 Å². The zero-order chi connectivity index (χ0) is 14.7. The molecule has 21 heavy (non-hydrogen) atoms. The second-order valence-corrected chi connectivity index (χ2v) is 5.02. The number of hydrogen-bond donors (Lipinski definition) is 1. The molecule has 0 radical (unpaired) electrons. The van der Waals surface area contributed by atoms with Crippen LogP contribution >= 0.6 is 0 Å². The normalized spacial score (nSPS) is 14.1. The van der Waals surface area contributed by atoms with E-state index in [0.29, 0.717) is 17.5 Å². The summed E-state index contributed by atoms with van der Waals surface area (Å²) in [6, 6.07) is 7.99. The van der Waals surface area contributed by atoms with Gasteiger partial charge in [0, 0.05) is 17.7 Å². The third-order valence-corrected chi connectivity index (χ3v) is 3.11. The van der Waals surface area contributed by atoms with Gasteiger partial charge in [-0.15, -0.1) is 0 Å². The van der Waals surface area contributed by atoms with Gasteiger partial charge in [0.2, 0.25) is 5.91 Å². The van der Waals surface area contributed by atoms with Gasteiger partial charge in [0.1, 0.15) is 18.1 Å². The van der Waals surface area contributed by atoms with Crippen LogP contribution in [0.25, 0.3) is 11.3 Å². The molecule has 1 N–H and O–H groups in total. The zero-order valence-electron chi connectivity index (χ0n) is 11.3. The second kappa shape index (κ2) is 6.05. The summed E-state index contributed by atoms with van der Waals surface area (Å²) in [5, 5.41) is 6.69. The molecule has 1 aromatic heterocycles. The van der Waals surface area contributed by atoms with Crippen LogP contribution in [0.3, 0.4) is 0 Å². The highest BCUT2D eigenvalue weighted by atomic mass is 19.1. The van der Waals surface area contributed by atoms with Crippen molar-refractivity contribution >= 4 is 5.91 Å². The van der Waals surface area contributed by atoms with Crippen LogP contribution in [0.15, 0.2) is 34.9 Å². The summed E-state index contributed by atoms with van der Waals surface area (Å²) < 4.78 is 23.3. The first-order valence-electron chi connectivity index (χ1n) is 6.79. The van der Waals surface area contributed by atoms with E-state index in [0.717, 1.165) is 18.4 Å². The van der Waals surface area contributed by atoms with Gasteiger partial charge in [0.15, 0.2) is 5.76 Å². The minimum atomic E-state index is -0.302. The zero-order valence-corrected chi connectivity index (χ0v) is 11.3. The number of rotatable bonds is 6. The molecule has 110 valence electrons. The number of benzene rings is 1. The number of nitrogens with zero attached hydrogens (tertiary/aromatic N) is 1. The molecule has 3 rings (SSSR count). The highest BCUT2D eigenvalue weighted by Crippen LogP contribution is 2.21. The molecule has 1 aliphatic rings. The molecule has 1 heterocycles. The Balaban J connectivity index is 1.50. The first-order chi connectivity index (χ1) is 10.2. The largest absolute Gasteiger partial charge is 0.365 e. The Hall–Kier alpha value is -2.21. The number of amides is 1. The molecule has 0 atom stereocenters. The van der Waals surface area contributed by atoms with E-state index < -0.39 is 0 Å². The van der Waals surface area contributed by atoms with E-state index in [1.807, 2.05) is 0 Å². The average molecular weight is 290 g/mol.